The van der Waals surface area contributed by atoms with Crippen LogP contribution in [0.25, 0.3) is 5.82 Å². The van der Waals surface area contributed by atoms with Gasteiger partial charge in [0.25, 0.3) is 0 Å². The number of nitrogens with zero attached hydrogens (tertiary/aromatic N) is 3. The van der Waals surface area contributed by atoms with E-state index >= 15 is 0 Å². The molecule has 0 radical (unpaired) electrons. The third-order valence-electron chi connectivity index (χ3n) is 4.24. The van der Waals surface area contributed by atoms with Crippen molar-refractivity contribution >= 4 is 11.7 Å². The molecule has 0 aliphatic heterocycles. The molecule has 3 rings (SSSR count). The van der Waals surface area contributed by atoms with Crippen molar-refractivity contribution in [3.63, 3.8) is 0 Å². The van der Waals surface area contributed by atoms with Gasteiger partial charge in [-0.05, 0) is 36.2 Å². The second kappa shape index (κ2) is 7.88. The summed E-state index contributed by atoms with van der Waals surface area (Å²) in [5.41, 5.74) is 1.17. The molecule has 7 heteroatoms. The number of carbonyl (C=O) groups is 1. The summed E-state index contributed by atoms with van der Waals surface area (Å²) in [4.78, 5) is 16.7. The number of nitrogens with one attached hydrogen (secondary N) is 1. The lowest BCUT2D eigenvalue weighted by atomic mass is 9.92. The van der Waals surface area contributed by atoms with E-state index in [0.717, 1.165) is 17.8 Å². The number of aryl methyl sites for hydroxylation is 1. The van der Waals surface area contributed by atoms with Gasteiger partial charge < -0.3 is 5.32 Å². The number of benzene rings is 1. The maximum atomic E-state index is 13.3. The summed E-state index contributed by atoms with van der Waals surface area (Å²) >= 11 is 0. The quantitative estimate of drug-likeness (QED) is 0.709. The molecule has 1 N–H and O–H groups in total. The fourth-order valence-electron chi connectivity index (χ4n) is 2.65. The first-order chi connectivity index (χ1) is 13.2. The van der Waals surface area contributed by atoms with E-state index in [1.807, 2.05) is 32.9 Å². The first-order valence-electron chi connectivity index (χ1n) is 9.00. The molecule has 0 aliphatic rings. The molecule has 0 aliphatic carbocycles. The van der Waals surface area contributed by atoms with Gasteiger partial charge in [-0.1, -0.05) is 32.9 Å². The number of hydrogen-bond donors (Lipinski definition) is 1. The number of aromatic nitrogens is 3. The highest BCUT2D eigenvalue weighted by Gasteiger charge is 2.21. The number of pyridine rings is 1. The summed E-state index contributed by atoms with van der Waals surface area (Å²) in [6.45, 7) is 6.10. The molecule has 0 fully saturated rings. The maximum absolute atomic E-state index is 13.3. The molecule has 0 bridgehead atoms. The molecule has 0 spiro atoms. The van der Waals surface area contributed by atoms with E-state index in [1.165, 1.54) is 6.07 Å². The highest BCUT2D eigenvalue weighted by atomic mass is 19.2. The first-order valence-corrected chi connectivity index (χ1v) is 9.00. The van der Waals surface area contributed by atoms with Crippen molar-refractivity contribution in [2.75, 3.05) is 5.32 Å². The summed E-state index contributed by atoms with van der Waals surface area (Å²) < 4.78 is 27.9. The van der Waals surface area contributed by atoms with Crippen molar-refractivity contribution in [1.29, 1.82) is 0 Å². The van der Waals surface area contributed by atoms with Crippen molar-refractivity contribution in [1.82, 2.24) is 14.8 Å². The number of rotatable bonds is 5. The number of amides is 1. The molecule has 0 unspecified atom stereocenters. The zero-order valence-corrected chi connectivity index (χ0v) is 16.0. The average Bonchev–Trinajstić information content (AvgIpc) is 3.07. The minimum atomic E-state index is -0.916. The highest BCUT2D eigenvalue weighted by Crippen LogP contribution is 2.26. The van der Waals surface area contributed by atoms with Crippen LogP contribution in [0, 0.1) is 11.6 Å². The molecular weight excluding hydrogens is 362 g/mol. The van der Waals surface area contributed by atoms with Crippen LogP contribution in [0.4, 0.5) is 14.6 Å². The zero-order valence-electron chi connectivity index (χ0n) is 16.0. The largest absolute Gasteiger partial charge is 0.311 e. The first kappa shape index (κ1) is 19.7. The lowest BCUT2D eigenvalue weighted by Crippen LogP contribution is -2.16. The number of hydrogen-bond acceptors (Lipinski definition) is 3. The van der Waals surface area contributed by atoms with Crippen LogP contribution in [0.1, 0.15) is 38.4 Å². The summed E-state index contributed by atoms with van der Waals surface area (Å²) in [6.07, 6.45) is 2.08. The van der Waals surface area contributed by atoms with Gasteiger partial charge in [-0.15, -0.1) is 0 Å². The predicted octanol–water partition coefficient (Wildman–Crippen LogP) is 4.41. The Morgan fingerprint density at radius 2 is 1.89 bits per heavy atom. The van der Waals surface area contributed by atoms with Gasteiger partial charge in [-0.2, -0.15) is 9.78 Å². The smallest absolute Gasteiger partial charge is 0.225 e. The van der Waals surface area contributed by atoms with Gasteiger partial charge in [0.1, 0.15) is 5.82 Å². The van der Waals surface area contributed by atoms with Crippen LogP contribution in [0.15, 0.2) is 48.7 Å². The molecule has 2 aromatic heterocycles. The van der Waals surface area contributed by atoms with Gasteiger partial charge in [-0.25, -0.2) is 13.8 Å². The van der Waals surface area contributed by atoms with Crippen LogP contribution in [-0.2, 0) is 16.6 Å². The van der Waals surface area contributed by atoms with Gasteiger partial charge in [-0.3, -0.25) is 4.79 Å². The van der Waals surface area contributed by atoms with Gasteiger partial charge in [0.05, 0.1) is 5.69 Å². The molecule has 0 saturated carbocycles. The molecular formula is C21H22F2N4O. The molecule has 146 valence electrons. The van der Waals surface area contributed by atoms with Crippen molar-refractivity contribution in [2.45, 2.75) is 39.0 Å². The standard InChI is InChI=1S/C21H22F2N4O/c1-21(2,3)17-13-19(27(26-17)18-6-4-5-11-24-18)25-20(28)10-8-14-7-9-15(22)16(23)12-14/h4-7,9,11-13H,8,10H2,1-3H3,(H,25,28). The minimum absolute atomic E-state index is 0.128. The Morgan fingerprint density at radius 3 is 2.54 bits per heavy atom. The highest BCUT2D eigenvalue weighted by molar-refractivity contribution is 5.90. The summed E-state index contributed by atoms with van der Waals surface area (Å²) in [6, 6.07) is 10.9. The Kier molecular flexibility index (Phi) is 5.53. The van der Waals surface area contributed by atoms with E-state index < -0.39 is 11.6 Å². The van der Waals surface area contributed by atoms with Crippen LogP contribution in [0.5, 0.6) is 0 Å². The third-order valence-corrected chi connectivity index (χ3v) is 4.24. The molecule has 3 aromatic rings. The summed E-state index contributed by atoms with van der Waals surface area (Å²) in [5.74, 6) is -0.960. The van der Waals surface area contributed by atoms with Gasteiger partial charge in [0, 0.05) is 24.1 Å². The molecule has 1 amide bonds. The molecule has 1 aromatic carbocycles. The zero-order chi connectivity index (χ0) is 20.3. The Balaban J connectivity index is 1.77. The number of anilines is 1. The average molecular weight is 384 g/mol. The summed E-state index contributed by atoms with van der Waals surface area (Å²) in [7, 11) is 0. The Hall–Kier alpha value is -3.09. The fraction of sp³-hybridized carbons (Fsp3) is 0.286. The lowest BCUT2D eigenvalue weighted by Gasteiger charge is -2.13. The fourth-order valence-corrected chi connectivity index (χ4v) is 2.65. The molecule has 5 nitrogen and oxygen atoms in total. The normalized spacial score (nSPS) is 11.5. The van der Waals surface area contributed by atoms with Crippen LogP contribution >= 0.6 is 0 Å². The second-order valence-electron chi connectivity index (χ2n) is 7.56. The third kappa shape index (κ3) is 4.60. The SMILES string of the molecule is CC(C)(C)c1cc(NC(=O)CCc2ccc(F)c(F)c2)n(-c2ccccn2)n1. The molecule has 0 saturated heterocycles. The van der Waals surface area contributed by atoms with Crippen LogP contribution in [0.3, 0.4) is 0 Å². The lowest BCUT2D eigenvalue weighted by molar-refractivity contribution is -0.116. The Bertz CT molecular complexity index is 978. The van der Waals surface area contributed by atoms with E-state index in [-0.39, 0.29) is 17.7 Å². The topological polar surface area (TPSA) is 59.8 Å². The summed E-state index contributed by atoms with van der Waals surface area (Å²) in [5, 5.41) is 7.44. The second-order valence-corrected chi connectivity index (χ2v) is 7.56. The van der Waals surface area contributed by atoms with Crippen molar-refractivity contribution in [2.24, 2.45) is 0 Å². The molecule has 2 heterocycles. The maximum Gasteiger partial charge on any atom is 0.225 e. The van der Waals surface area contributed by atoms with Crippen LogP contribution < -0.4 is 5.32 Å². The van der Waals surface area contributed by atoms with Crippen LogP contribution in [-0.4, -0.2) is 20.7 Å². The van der Waals surface area contributed by atoms with Crippen molar-refractivity contribution in [3.05, 3.63) is 71.6 Å². The van der Waals surface area contributed by atoms with Crippen LogP contribution in [0.2, 0.25) is 0 Å². The number of carbonyl (C=O) groups excluding carboxylic acids is 1. The monoisotopic (exact) mass is 384 g/mol. The van der Waals surface area contributed by atoms with E-state index in [9.17, 15) is 13.6 Å². The Labute approximate surface area is 162 Å². The molecule has 28 heavy (non-hydrogen) atoms. The minimum Gasteiger partial charge on any atom is -0.311 e. The van der Waals surface area contributed by atoms with E-state index in [2.05, 4.69) is 15.4 Å². The Morgan fingerprint density at radius 1 is 1.11 bits per heavy atom. The predicted molar refractivity (Wildman–Crippen MR) is 103 cm³/mol. The van der Waals surface area contributed by atoms with E-state index in [1.54, 1.807) is 23.0 Å². The van der Waals surface area contributed by atoms with E-state index in [0.29, 0.717) is 23.6 Å². The van der Waals surface area contributed by atoms with Gasteiger partial charge >= 0.3 is 0 Å². The van der Waals surface area contributed by atoms with E-state index in [4.69, 9.17) is 0 Å². The number of halogens is 2. The van der Waals surface area contributed by atoms with Crippen molar-refractivity contribution < 1.29 is 13.6 Å². The van der Waals surface area contributed by atoms with Gasteiger partial charge in [0.15, 0.2) is 17.5 Å². The van der Waals surface area contributed by atoms with Crippen molar-refractivity contribution in [3.8, 4) is 5.82 Å². The van der Waals surface area contributed by atoms with Gasteiger partial charge in [0.2, 0.25) is 5.91 Å². The molecule has 0 atom stereocenters.